The highest BCUT2D eigenvalue weighted by Crippen LogP contribution is 2.26. The lowest BCUT2D eigenvalue weighted by Crippen LogP contribution is -2.42. The first-order valence-corrected chi connectivity index (χ1v) is 6.92. The van der Waals surface area contributed by atoms with E-state index in [0.29, 0.717) is 18.6 Å². The number of halogens is 3. The summed E-state index contributed by atoms with van der Waals surface area (Å²) in [6.07, 6.45) is 4.00. The highest BCUT2D eigenvalue weighted by Gasteiger charge is 2.42. The molecule has 4 nitrogen and oxygen atoms in total. The fourth-order valence-electron chi connectivity index (χ4n) is 2.84. The Morgan fingerprint density at radius 1 is 1.35 bits per heavy atom. The van der Waals surface area contributed by atoms with E-state index in [-0.39, 0.29) is 18.3 Å². The molecule has 0 aromatic carbocycles. The van der Waals surface area contributed by atoms with Gasteiger partial charge in [-0.3, -0.25) is 10.1 Å². The third-order valence-electron chi connectivity index (χ3n) is 4.12. The van der Waals surface area contributed by atoms with Crippen molar-refractivity contribution in [3.63, 3.8) is 0 Å². The minimum atomic E-state index is -2.75. The molecule has 2 N–H and O–H groups in total. The van der Waals surface area contributed by atoms with Crippen molar-refractivity contribution in [2.45, 2.75) is 50.2 Å². The van der Waals surface area contributed by atoms with Crippen LogP contribution in [-0.2, 0) is 9.53 Å². The van der Waals surface area contributed by atoms with E-state index in [1.165, 1.54) is 0 Å². The first-order valence-electron chi connectivity index (χ1n) is 6.92. The van der Waals surface area contributed by atoms with Crippen LogP contribution in [0.15, 0.2) is 0 Å². The van der Waals surface area contributed by atoms with Gasteiger partial charge in [0.1, 0.15) is 0 Å². The lowest BCUT2D eigenvalue weighted by molar-refractivity contribution is -0.123. The molecule has 1 heterocycles. The molecule has 7 heteroatoms. The van der Waals surface area contributed by atoms with Gasteiger partial charge in [0.2, 0.25) is 5.91 Å². The van der Waals surface area contributed by atoms with Gasteiger partial charge in [-0.25, -0.2) is 8.78 Å². The number of amides is 1. The minimum absolute atomic E-state index is 0. The molecule has 1 aliphatic carbocycles. The lowest BCUT2D eigenvalue weighted by atomic mass is 9.87. The number of nitrogens with one attached hydrogen (secondary N) is 2. The molecule has 1 atom stereocenters. The number of carbonyl (C=O) groups excluding carboxylic acids is 1. The molecule has 2 rings (SSSR count). The summed E-state index contributed by atoms with van der Waals surface area (Å²) in [7, 11) is 1.72. The van der Waals surface area contributed by atoms with Crippen molar-refractivity contribution in [1.82, 2.24) is 10.6 Å². The Labute approximate surface area is 124 Å². The van der Waals surface area contributed by atoms with Gasteiger partial charge < -0.3 is 10.1 Å². The predicted molar refractivity (Wildman–Crippen MR) is 74.4 cm³/mol. The molecular formula is C13H23ClF2N2O2. The summed E-state index contributed by atoms with van der Waals surface area (Å²) in [6, 6.07) is -0.745. The molecule has 118 valence electrons. The lowest BCUT2D eigenvalue weighted by Gasteiger charge is -2.27. The van der Waals surface area contributed by atoms with Gasteiger partial charge in [-0.05, 0) is 31.6 Å². The first-order chi connectivity index (χ1) is 9.00. The van der Waals surface area contributed by atoms with Gasteiger partial charge >= 0.3 is 0 Å². The van der Waals surface area contributed by atoms with Crippen LogP contribution in [0.3, 0.4) is 0 Å². The minimum Gasteiger partial charge on any atom is -0.381 e. The topological polar surface area (TPSA) is 50.4 Å². The van der Waals surface area contributed by atoms with E-state index in [1.807, 2.05) is 0 Å². The quantitative estimate of drug-likeness (QED) is 0.831. The monoisotopic (exact) mass is 312 g/mol. The van der Waals surface area contributed by atoms with Gasteiger partial charge in [0.25, 0.3) is 5.92 Å². The zero-order valence-corrected chi connectivity index (χ0v) is 12.5. The third kappa shape index (κ3) is 4.82. The number of hydrogen-bond acceptors (Lipinski definition) is 3. The van der Waals surface area contributed by atoms with Crippen molar-refractivity contribution in [3.8, 4) is 0 Å². The van der Waals surface area contributed by atoms with E-state index in [2.05, 4.69) is 10.6 Å². The third-order valence-corrected chi connectivity index (χ3v) is 4.12. The Bertz CT molecular complexity index is 323. The average molecular weight is 313 g/mol. The summed E-state index contributed by atoms with van der Waals surface area (Å²) < 4.78 is 31.2. The van der Waals surface area contributed by atoms with Crippen LogP contribution in [0.1, 0.15) is 32.1 Å². The molecular weight excluding hydrogens is 290 g/mol. The second-order valence-corrected chi connectivity index (χ2v) is 5.62. The second kappa shape index (κ2) is 7.52. The number of hydrogen-bond donors (Lipinski definition) is 2. The van der Waals surface area contributed by atoms with E-state index in [4.69, 9.17) is 4.74 Å². The molecule has 1 aliphatic heterocycles. The molecule has 2 aliphatic rings. The van der Waals surface area contributed by atoms with Crippen LogP contribution in [-0.4, -0.2) is 44.2 Å². The number of ether oxygens (including phenoxy) is 1. The van der Waals surface area contributed by atoms with E-state index in [9.17, 15) is 13.6 Å². The largest absolute Gasteiger partial charge is 0.381 e. The Kier molecular flexibility index (Phi) is 6.61. The van der Waals surface area contributed by atoms with Gasteiger partial charge in [-0.15, -0.1) is 12.4 Å². The number of alkyl halides is 2. The summed E-state index contributed by atoms with van der Waals surface area (Å²) in [5.74, 6) is -2.61. The average Bonchev–Trinajstić information content (AvgIpc) is 2.77. The fraction of sp³-hybridized carbons (Fsp3) is 0.923. The second-order valence-electron chi connectivity index (χ2n) is 5.62. The summed E-state index contributed by atoms with van der Waals surface area (Å²) in [5.41, 5.74) is 0. The zero-order valence-electron chi connectivity index (χ0n) is 11.7. The zero-order chi connectivity index (χ0) is 13.9. The molecule has 0 aromatic rings. The Morgan fingerprint density at radius 3 is 2.50 bits per heavy atom. The van der Waals surface area contributed by atoms with Gasteiger partial charge in [-0.1, -0.05) is 0 Å². The molecule has 1 saturated carbocycles. The van der Waals surface area contributed by atoms with Crippen LogP contribution < -0.4 is 10.6 Å². The standard InChI is InChI=1S/C13H22F2N2O2.ClH/c1-19-10-4-2-9(3-5-10)7-16-12(18)11-6-13(14,15)8-17-11;/h9-11,17H,2-8H2,1H3,(H,16,18);1H. The highest BCUT2D eigenvalue weighted by molar-refractivity contribution is 5.85. The molecule has 1 unspecified atom stereocenters. The molecule has 1 amide bonds. The SMILES string of the molecule is COC1CCC(CNC(=O)C2CC(F)(F)CN2)CC1.Cl. The van der Waals surface area contributed by atoms with Gasteiger partial charge in [0.05, 0.1) is 18.7 Å². The van der Waals surface area contributed by atoms with Crippen molar-refractivity contribution in [1.29, 1.82) is 0 Å². The van der Waals surface area contributed by atoms with Crippen LogP contribution >= 0.6 is 12.4 Å². The van der Waals surface area contributed by atoms with Crippen molar-refractivity contribution in [3.05, 3.63) is 0 Å². The fourth-order valence-corrected chi connectivity index (χ4v) is 2.84. The summed E-state index contributed by atoms with van der Waals surface area (Å²) >= 11 is 0. The number of carbonyl (C=O) groups is 1. The summed E-state index contributed by atoms with van der Waals surface area (Å²) in [5, 5.41) is 5.36. The van der Waals surface area contributed by atoms with Crippen molar-refractivity contribution < 1.29 is 18.3 Å². The van der Waals surface area contributed by atoms with Gasteiger partial charge in [0, 0.05) is 20.1 Å². The molecule has 0 aromatic heterocycles. The van der Waals surface area contributed by atoms with E-state index in [1.54, 1.807) is 7.11 Å². The Hall–Kier alpha value is -0.460. The van der Waals surface area contributed by atoms with Crippen LogP contribution in [0.4, 0.5) is 8.78 Å². The Morgan fingerprint density at radius 2 is 2.00 bits per heavy atom. The van der Waals surface area contributed by atoms with Crippen LogP contribution in [0.5, 0.6) is 0 Å². The van der Waals surface area contributed by atoms with Crippen molar-refractivity contribution in [2.75, 3.05) is 20.2 Å². The van der Waals surface area contributed by atoms with E-state index in [0.717, 1.165) is 25.7 Å². The van der Waals surface area contributed by atoms with Crippen molar-refractivity contribution in [2.24, 2.45) is 5.92 Å². The number of methoxy groups -OCH3 is 1. The molecule has 0 bridgehead atoms. The molecule has 0 radical (unpaired) electrons. The van der Waals surface area contributed by atoms with E-state index < -0.39 is 24.9 Å². The molecule has 0 spiro atoms. The van der Waals surface area contributed by atoms with Crippen molar-refractivity contribution >= 4 is 18.3 Å². The summed E-state index contributed by atoms with van der Waals surface area (Å²) in [6.45, 7) is 0.184. The molecule has 1 saturated heterocycles. The normalized spacial score (nSPS) is 32.5. The smallest absolute Gasteiger partial charge is 0.262 e. The predicted octanol–water partition coefficient (Wildman–Crippen LogP) is 1.73. The highest BCUT2D eigenvalue weighted by atomic mass is 35.5. The van der Waals surface area contributed by atoms with Gasteiger partial charge in [-0.2, -0.15) is 0 Å². The maximum atomic E-state index is 13.0. The van der Waals surface area contributed by atoms with Crippen LogP contribution in [0.25, 0.3) is 0 Å². The first kappa shape index (κ1) is 17.6. The maximum absolute atomic E-state index is 13.0. The molecule has 2 fully saturated rings. The van der Waals surface area contributed by atoms with E-state index >= 15 is 0 Å². The molecule has 20 heavy (non-hydrogen) atoms. The maximum Gasteiger partial charge on any atom is 0.262 e. The Balaban J connectivity index is 0.00000200. The summed E-state index contributed by atoms with van der Waals surface area (Å²) in [4.78, 5) is 11.8. The van der Waals surface area contributed by atoms with Gasteiger partial charge in [0.15, 0.2) is 0 Å². The number of rotatable bonds is 4. The van der Waals surface area contributed by atoms with Crippen LogP contribution in [0.2, 0.25) is 0 Å². The van der Waals surface area contributed by atoms with Crippen LogP contribution in [0, 0.1) is 5.92 Å².